The van der Waals surface area contributed by atoms with Crippen molar-refractivity contribution in [2.45, 2.75) is 12.5 Å². The molecule has 5 nitrogen and oxygen atoms in total. The fraction of sp³-hybridized carbons (Fsp3) is 0.417. The Morgan fingerprint density at radius 2 is 2.26 bits per heavy atom. The zero-order valence-corrected chi connectivity index (χ0v) is 12.1. The lowest BCUT2D eigenvalue weighted by Crippen LogP contribution is -2.10. The van der Waals surface area contributed by atoms with E-state index in [4.69, 9.17) is 17.0 Å². The third kappa shape index (κ3) is 2.06. The topological polar surface area (TPSA) is 64.1 Å². The van der Waals surface area contributed by atoms with Gasteiger partial charge >= 0.3 is 0 Å². The highest BCUT2D eigenvalue weighted by molar-refractivity contribution is 7.91. The number of rotatable bonds is 2. The van der Waals surface area contributed by atoms with Gasteiger partial charge in [0.05, 0.1) is 30.2 Å². The first kappa shape index (κ1) is 12.7. The molecule has 0 saturated carbocycles. The Kier molecular flexibility index (Phi) is 2.90. The van der Waals surface area contributed by atoms with Gasteiger partial charge in [0, 0.05) is 0 Å². The highest BCUT2D eigenvalue weighted by Crippen LogP contribution is 2.31. The second-order valence-corrected chi connectivity index (χ2v) is 7.33. The van der Waals surface area contributed by atoms with E-state index < -0.39 is 9.84 Å². The number of nitrogens with one attached hydrogen (secondary N) is 1. The first-order valence-electron chi connectivity index (χ1n) is 5.99. The summed E-state index contributed by atoms with van der Waals surface area (Å²) >= 11 is 5.33. The summed E-state index contributed by atoms with van der Waals surface area (Å²) < 4.78 is 31.0. The number of para-hydroxylation sites is 1. The van der Waals surface area contributed by atoms with Gasteiger partial charge in [-0.1, -0.05) is 6.07 Å². The molecule has 1 fully saturated rings. The van der Waals surface area contributed by atoms with Crippen LogP contribution in [0.15, 0.2) is 18.2 Å². The predicted molar refractivity (Wildman–Crippen MR) is 76.0 cm³/mol. The minimum Gasteiger partial charge on any atom is -0.494 e. The number of aromatic amines is 1. The predicted octanol–water partition coefficient (Wildman–Crippen LogP) is 2.07. The number of aromatic nitrogens is 2. The van der Waals surface area contributed by atoms with Crippen molar-refractivity contribution in [3.63, 3.8) is 0 Å². The van der Waals surface area contributed by atoms with E-state index in [0.29, 0.717) is 16.9 Å². The molecule has 0 aliphatic carbocycles. The van der Waals surface area contributed by atoms with Crippen molar-refractivity contribution < 1.29 is 13.2 Å². The lowest BCUT2D eigenvalue weighted by molar-refractivity contribution is 0.419. The summed E-state index contributed by atoms with van der Waals surface area (Å²) in [5.41, 5.74) is 1.71. The zero-order valence-electron chi connectivity index (χ0n) is 10.4. The number of H-pyrrole nitrogens is 1. The minimum atomic E-state index is -2.93. The van der Waals surface area contributed by atoms with Crippen molar-refractivity contribution >= 4 is 33.1 Å². The molecular formula is C12H14N2O3S2. The van der Waals surface area contributed by atoms with Crippen LogP contribution in [-0.4, -0.2) is 36.6 Å². The van der Waals surface area contributed by atoms with Crippen LogP contribution in [0.5, 0.6) is 5.75 Å². The number of methoxy groups -OCH3 is 1. The van der Waals surface area contributed by atoms with Crippen molar-refractivity contribution in [2.24, 2.45) is 0 Å². The van der Waals surface area contributed by atoms with E-state index in [2.05, 4.69) is 4.98 Å². The first-order chi connectivity index (χ1) is 9.02. The molecule has 0 amide bonds. The van der Waals surface area contributed by atoms with Crippen molar-refractivity contribution in [2.75, 3.05) is 18.6 Å². The fourth-order valence-electron chi connectivity index (χ4n) is 2.63. The standard InChI is InChI=1S/C12H14N2O3S2/c1-17-10-4-2-3-9-11(10)13-12(18)14(9)8-5-6-19(15,16)7-8/h2-4,8H,5-7H2,1H3,(H,13,18). The summed E-state index contributed by atoms with van der Waals surface area (Å²) in [5.74, 6) is 1.10. The maximum atomic E-state index is 11.6. The number of sulfone groups is 1. The Balaban J connectivity index is 2.20. The molecule has 1 unspecified atom stereocenters. The third-order valence-electron chi connectivity index (χ3n) is 3.51. The molecule has 2 heterocycles. The van der Waals surface area contributed by atoms with Gasteiger partial charge in [-0.25, -0.2) is 8.42 Å². The molecule has 3 rings (SSSR count). The van der Waals surface area contributed by atoms with Gasteiger partial charge in [-0.3, -0.25) is 0 Å². The molecule has 0 spiro atoms. The van der Waals surface area contributed by atoms with E-state index in [0.717, 1.165) is 11.0 Å². The molecule has 1 aliphatic heterocycles. The SMILES string of the molecule is COc1cccc2c1[nH]c(=S)n2C1CCS(=O)(=O)C1. The molecule has 0 radical (unpaired) electrons. The van der Waals surface area contributed by atoms with E-state index in [1.54, 1.807) is 7.11 Å². The molecule has 7 heteroatoms. The number of fused-ring (bicyclic) bond motifs is 1. The van der Waals surface area contributed by atoms with Crippen LogP contribution in [0, 0.1) is 4.77 Å². The van der Waals surface area contributed by atoms with E-state index in [9.17, 15) is 8.42 Å². The highest BCUT2D eigenvalue weighted by Gasteiger charge is 2.30. The molecular weight excluding hydrogens is 284 g/mol. The number of nitrogens with zero attached hydrogens (tertiary/aromatic N) is 1. The summed E-state index contributed by atoms with van der Waals surface area (Å²) in [5, 5.41) is 0. The fourth-order valence-corrected chi connectivity index (χ4v) is 4.68. The van der Waals surface area contributed by atoms with Gasteiger partial charge < -0.3 is 14.3 Å². The summed E-state index contributed by atoms with van der Waals surface area (Å²) in [6.07, 6.45) is 0.612. The van der Waals surface area contributed by atoms with E-state index >= 15 is 0 Å². The van der Waals surface area contributed by atoms with Gasteiger partial charge in [0.15, 0.2) is 14.6 Å². The van der Waals surface area contributed by atoms with E-state index in [1.165, 1.54) is 0 Å². The summed E-state index contributed by atoms with van der Waals surface area (Å²) in [6, 6.07) is 5.57. The Bertz CT molecular complexity index is 789. The highest BCUT2D eigenvalue weighted by atomic mass is 32.2. The van der Waals surface area contributed by atoms with Gasteiger partial charge in [0.2, 0.25) is 0 Å². The molecule has 1 aliphatic rings. The Hall–Kier alpha value is -1.34. The third-order valence-corrected chi connectivity index (χ3v) is 5.56. The average Bonchev–Trinajstić information content (AvgIpc) is 2.87. The number of hydrogen-bond donors (Lipinski definition) is 1. The Morgan fingerprint density at radius 3 is 2.89 bits per heavy atom. The summed E-state index contributed by atoms with van der Waals surface area (Å²) in [6.45, 7) is 0. The summed E-state index contributed by atoms with van der Waals surface area (Å²) in [7, 11) is -1.33. The summed E-state index contributed by atoms with van der Waals surface area (Å²) in [4.78, 5) is 3.11. The number of hydrogen-bond acceptors (Lipinski definition) is 4. The Labute approximate surface area is 116 Å². The van der Waals surface area contributed by atoms with Crippen LogP contribution >= 0.6 is 12.2 Å². The van der Waals surface area contributed by atoms with Gasteiger partial charge in [-0.2, -0.15) is 0 Å². The van der Waals surface area contributed by atoms with Crippen LogP contribution in [0.4, 0.5) is 0 Å². The maximum absolute atomic E-state index is 11.6. The second-order valence-electron chi connectivity index (χ2n) is 4.71. The lowest BCUT2D eigenvalue weighted by atomic mass is 10.2. The quantitative estimate of drug-likeness (QED) is 0.862. The van der Waals surface area contributed by atoms with E-state index in [-0.39, 0.29) is 17.5 Å². The number of imidazole rings is 1. The number of ether oxygens (including phenoxy) is 1. The lowest BCUT2D eigenvalue weighted by Gasteiger charge is -2.11. The van der Waals surface area contributed by atoms with Crippen LogP contribution in [0.1, 0.15) is 12.5 Å². The molecule has 0 bridgehead atoms. The molecule has 2 aromatic rings. The van der Waals surface area contributed by atoms with Gasteiger partial charge in [-0.15, -0.1) is 0 Å². The monoisotopic (exact) mass is 298 g/mol. The maximum Gasteiger partial charge on any atom is 0.178 e. The van der Waals surface area contributed by atoms with Gasteiger partial charge in [0.1, 0.15) is 11.3 Å². The number of benzene rings is 1. The normalized spacial score (nSPS) is 21.8. The van der Waals surface area contributed by atoms with Crippen LogP contribution in [0.2, 0.25) is 0 Å². The van der Waals surface area contributed by atoms with Gasteiger partial charge in [0.25, 0.3) is 0 Å². The molecule has 1 N–H and O–H groups in total. The van der Waals surface area contributed by atoms with Crippen molar-refractivity contribution in [1.82, 2.24) is 9.55 Å². The largest absolute Gasteiger partial charge is 0.494 e. The average molecular weight is 298 g/mol. The molecule has 19 heavy (non-hydrogen) atoms. The van der Waals surface area contributed by atoms with Crippen LogP contribution in [0.3, 0.4) is 0 Å². The Morgan fingerprint density at radius 1 is 1.47 bits per heavy atom. The van der Waals surface area contributed by atoms with Crippen molar-refractivity contribution in [3.8, 4) is 5.75 Å². The van der Waals surface area contributed by atoms with Crippen LogP contribution in [0.25, 0.3) is 11.0 Å². The van der Waals surface area contributed by atoms with Crippen molar-refractivity contribution in [1.29, 1.82) is 0 Å². The zero-order chi connectivity index (χ0) is 13.6. The molecule has 102 valence electrons. The minimum absolute atomic E-state index is 0.0849. The van der Waals surface area contributed by atoms with Crippen LogP contribution in [-0.2, 0) is 9.84 Å². The molecule has 1 aromatic carbocycles. The van der Waals surface area contributed by atoms with Crippen LogP contribution < -0.4 is 4.74 Å². The molecule has 1 atom stereocenters. The van der Waals surface area contributed by atoms with Gasteiger partial charge in [-0.05, 0) is 30.8 Å². The smallest absolute Gasteiger partial charge is 0.178 e. The molecule has 1 saturated heterocycles. The second kappa shape index (κ2) is 4.35. The van der Waals surface area contributed by atoms with Crippen molar-refractivity contribution in [3.05, 3.63) is 23.0 Å². The molecule has 1 aromatic heterocycles. The van der Waals surface area contributed by atoms with E-state index in [1.807, 2.05) is 22.8 Å². The first-order valence-corrected chi connectivity index (χ1v) is 8.22.